The number of hydrogen-bond donors (Lipinski definition) is 2. The number of carbonyl (C=O) groups is 1. The van der Waals surface area contributed by atoms with Crippen molar-refractivity contribution in [1.29, 1.82) is 0 Å². The van der Waals surface area contributed by atoms with Crippen molar-refractivity contribution in [2.45, 2.75) is 25.8 Å². The molecule has 0 aliphatic rings. The molecule has 0 bridgehead atoms. The quantitative estimate of drug-likeness (QED) is 0.703. The summed E-state index contributed by atoms with van der Waals surface area (Å²) in [6, 6.07) is 6.69. The summed E-state index contributed by atoms with van der Waals surface area (Å²) in [6.07, 6.45) is 5.01. The van der Waals surface area contributed by atoms with Crippen LogP contribution in [-0.2, 0) is 0 Å². The molecule has 118 valence electrons. The van der Waals surface area contributed by atoms with Crippen molar-refractivity contribution < 1.29 is 4.79 Å². The second-order valence-electron chi connectivity index (χ2n) is 4.92. The van der Waals surface area contributed by atoms with Gasteiger partial charge in [0.2, 0.25) is 0 Å². The molecule has 9 heteroatoms. The average molecular weight is 312 g/mol. The first-order chi connectivity index (χ1) is 11.3. The Balaban J connectivity index is 1.78. The summed E-state index contributed by atoms with van der Waals surface area (Å²) in [5.41, 5.74) is 0.308. The molecule has 0 aliphatic heterocycles. The van der Waals surface area contributed by atoms with Crippen LogP contribution < -0.4 is 5.32 Å². The third kappa shape index (κ3) is 3.39. The summed E-state index contributed by atoms with van der Waals surface area (Å²) in [5.74, 6) is 0.750. The molecule has 0 aromatic carbocycles. The fourth-order valence-electron chi connectivity index (χ4n) is 2.19. The number of nitrogens with zero attached hydrogens (tertiary/aromatic N) is 6. The first kappa shape index (κ1) is 14.8. The Morgan fingerprint density at radius 2 is 2.30 bits per heavy atom. The van der Waals surface area contributed by atoms with Crippen LogP contribution in [0.15, 0.2) is 36.7 Å². The second kappa shape index (κ2) is 6.77. The van der Waals surface area contributed by atoms with Gasteiger partial charge in [0.25, 0.3) is 5.91 Å². The van der Waals surface area contributed by atoms with Crippen LogP contribution >= 0.6 is 0 Å². The summed E-state index contributed by atoms with van der Waals surface area (Å²) in [5, 5.41) is 20.8. The molecule has 3 heterocycles. The fraction of sp³-hybridized carbons (Fsp3) is 0.286. The number of pyridine rings is 1. The van der Waals surface area contributed by atoms with Crippen LogP contribution in [0.2, 0.25) is 0 Å². The minimum atomic E-state index is -0.304. The first-order valence-corrected chi connectivity index (χ1v) is 7.29. The van der Waals surface area contributed by atoms with Gasteiger partial charge in [0.05, 0.1) is 6.04 Å². The summed E-state index contributed by atoms with van der Waals surface area (Å²) in [6.45, 7) is 2.02. The lowest BCUT2D eigenvalue weighted by atomic mass is 10.1. The van der Waals surface area contributed by atoms with Gasteiger partial charge in [-0.15, -0.1) is 10.2 Å². The molecule has 0 unspecified atom stereocenters. The highest BCUT2D eigenvalue weighted by atomic mass is 16.2. The van der Waals surface area contributed by atoms with Crippen LogP contribution in [0.1, 0.15) is 42.1 Å². The van der Waals surface area contributed by atoms with E-state index in [4.69, 9.17) is 0 Å². The van der Waals surface area contributed by atoms with E-state index in [9.17, 15) is 4.79 Å². The van der Waals surface area contributed by atoms with E-state index in [1.165, 1.54) is 0 Å². The van der Waals surface area contributed by atoms with Crippen molar-refractivity contribution in [2.75, 3.05) is 0 Å². The number of hydrogen-bond acceptors (Lipinski definition) is 6. The molecule has 0 aliphatic carbocycles. The van der Waals surface area contributed by atoms with E-state index in [2.05, 4.69) is 36.0 Å². The van der Waals surface area contributed by atoms with Crippen molar-refractivity contribution in [3.8, 4) is 5.82 Å². The Labute approximate surface area is 132 Å². The number of amides is 1. The van der Waals surface area contributed by atoms with Gasteiger partial charge in [-0.3, -0.25) is 4.79 Å². The van der Waals surface area contributed by atoms with E-state index in [0.29, 0.717) is 23.8 Å². The number of H-pyrrole nitrogens is 1. The van der Waals surface area contributed by atoms with Gasteiger partial charge in [-0.2, -0.15) is 10.3 Å². The topological polar surface area (TPSA) is 114 Å². The standard InChI is InChI=1S/C14H16N8O/c1-2-5-10(13-18-20-21-19-13)17-14(23)11-6-3-7-12(16-11)22-9-4-8-15-22/h3-4,6-10H,2,5H2,1H3,(H,17,23)(H,18,19,20,21)/t10-/m1/s1. The smallest absolute Gasteiger partial charge is 0.270 e. The van der Waals surface area contributed by atoms with Gasteiger partial charge >= 0.3 is 0 Å². The minimum absolute atomic E-state index is 0.290. The van der Waals surface area contributed by atoms with Gasteiger partial charge in [-0.05, 0) is 24.6 Å². The third-order valence-electron chi connectivity index (χ3n) is 3.26. The molecule has 1 atom stereocenters. The summed E-state index contributed by atoms with van der Waals surface area (Å²) >= 11 is 0. The fourth-order valence-corrected chi connectivity index (χ4v) is 2.19. The third-order valence-corrected chi connectivity index (χ3v) is 3.26. The second-order valence-corrected chi connectivity index (χ2v) is 4.92. The summed E-state index contributed by atoms with van der Waals surface area (Å²) < 4.78 is 1.60. The van der Waals surface area contributed by atoms with Gasteiger partial charge < -0.3 is 5.32 Å². The van der Waals surface area contributed by atoms with Gasteiger partial charge in [-0.1, -0.05) is 24.6 Å². The normalized spacial score (nSPS) is 12.0. The van der Waals surface area contributed by atoms with Crippen molar-refractivity contribution >= 4 is 5.91 Å². The van der Waals surface area contributed by atoms with E-state index in [1.807, 2.05) is 6.92 Å². The number of tetrazole rings is 1. The van der Waals surface area contributed by atoms with Gasteiger partial charge in [-0.25, -0.2) is 9.67 Å². The summed E-state index contributed by atoms with van der Waals surface area (Å²) in [7, 11) is 0. The Hall–Kier alpha value is -3.10. The molecule has 3 aromatic heterocycles. The number of aromatic nitrogens is 7. The van der Waals surface area contributed by atoms with E-state index in [-0.39, 0.29) is 11.9 Å². The Kier molecular flexibility index (Phi) is 4.37. The van der Waals surface area contributed by atoms with Crippen LogP contribution in [0.4, 0.5) is 0 Å². The number of rotatable bonds is 6. The van der Waals surface area contributed by atoms with Gasteiger partial charge in [0, 0.05) is 12.4 Å². The van der Waals surface area contributed by atoms with Crippen LogP contribution in [0.5, 0.6) is 0 Å². The molecule has 0 spiro atoms. The van der Waals surface area contributed by atoms with Crippen molar-refractivity contribution in [3.05, 3.63) is 48.2 Å². The van der Waals surface area contributed by atoms with Crippen molar-refractivity contribution in [3.63, 3.8) is 0 Å². The zero-order valence-electron chi connectivity index (χ0n) is 12.5. The van der Waals surface area contributed by atoms with Crippen molar-refractivity contribution in [1.82, 2.24) is 40.7 Å². The van der Waals surface area contributed by atoms with Crippen LogP contribution in [0.25, 0.3) is 5.82 Å². The molecule has 3 rings (SSSR count). The van der Waals surface area contributed by atoms with Crippen LogP contribution in [0.3, 0.4) is 0 Å². The molecule has 23 heavy (non-hydrogen) atoms. The molecule has 0 saturated carbocycles. The lowest BCUT2D eigenvalue weighted by molar-refractivity contribution is 0.0927. The Morgan fingerprint density at radius 3 is 3.00 bits per heavy atom. The highest BCUT2D eigenvalue weighted by Gasteiger charge is 2.19. The monoisotopic (exact) mass is 312 g/mol. The zero-order chi connectivity index (χ0) is 16.1. The highest BCUT2D eigenvalue weighted by Crippen LogP contribution is 2.14. The lowest BCUT2D eigenvalue weighted by Crippen LogP contribution is -2.30. The number of carbonyl (C=O) groups excluding carboxylic acids is 1. The molecule has 0 fully saturated rings. The zero-order valence-corrected chi connectivity index (χ0v) is 12.5. The van der Waals surface area contributed by atoms with E-state index in [1.54, 1.807) is 41.3 Å². The maximum Gasteiger partial charge on any atom is 0.270 e. The largest absolute Gasteiger partial charge is 0.341 e. The van der Waals surface area contributed by atoms with Crippen molar-refractivity contribution in [2.24, 2.45) is 0 Å². The molecule has 9 nitrogen and oxygen atoms in total. The molecule has 0 radical (unpaired) electrons. The molecular formula is C14H16N8O. The Bertz CT molecular complexity index is 753. The maximum atomic E-state index is 12.5. The van der Waals surface area contributed by atoms with Gasteiger partial charge in [0.15, 0.2) is 11.6 Å². The molecule has 2 N–H and O–H groups in total. The number of aromatic amines is 1. The molecule has 1 amide bonds. The highest BCUT2D eigenvalue weighted by molar-refractivity contribution is 5.92. The molecule has 3 aromatic rings. The van der Waals surface area contributed by atoms with Crippen LogP contribution in [-0.4, -0.2) is 41.3 Å². The van der Waals surface area contributed by atoms with Gasteiger partial charge in [0.1, 0.15) is 5.69 Å². The Morgan fingerprint density at radius 1 is 1.39 bits per heavy atom. The van der Waals surface area contributed by atoms with E-state index < -0.39 is 0 Å². The first-order valence-electron chi connectivity index (χ1n) is 7.29. The average Bonchev–Trinajstić information content (AvgIpc) is 3.28. The minimum Gasteiger partial charge on any atom is -0.341 e. The molecular weight excluding hydrogens is 296 g/mol. The number of nitrogens with one attached hydrogen (secondary N) is 2. The SMILES string of the molecule is CCC[C@@H](NC(=O)c1cccc(-n2cccn2)n1)c1nn[nH]n1. The summed E-state index contributed by atoms with van der Waals surface area (Å²) in [4.78, 5) is 16.8. The van der Waals surface area contributed by atoms with E-state index >= 15 is 0 Å². The molecule has 0 saturated heterocycles. The predicted molar refractivity (Wildman–Crippen MR) is 80.7 cm³/mol. The maximum absolute atomic E-state index is 12.5. The predicted octanol–water partition coefficient (Wildman–Crippen LogP) is 1.05. The lowest BCUT2D eigenvalue weighted by Gasteiger charge is -2.14. The van der Waals surface area contributed by atoms with E-state index in [0.717, 1.165) is 6.42 Å². The van der Waals surface area contributed by atoms with Crippen LogP contribution in [0, 0.1) is 0 Å².